The molecule has 6 heteroatoms. The number of hydrogen-bond donors (Lipinski definition) is 0. The predicted octanol–water partition coefficient (Wildman–Crippen LogP) is 0.855. The summed E-state index contributed by atoms with van der Waals surface area (Å²) in [6.07, 6.45) is 1.71. The summed E-state index contributed by atoms with van der Waals surface area (Å²) >= 11 is 0. The summed E-state index contributed by atoms with van der Waals surface area (Å²) in [7, 11) is -2.17. The van der Waals surface area contributed by atoms with Crippen LogP contribution in [0, 0.1) is 0 Å². The van der Waals surface area contributed by atoms with Crippen LogP contribution in [0.3, 0.4) is 0 Å². The summed E-state index contributed by atoms with van der Waals surface area (Å²) in [5.74, 6) is 0. The molecule has 0 aliphatic heterocycles. The van der Waals surface area contributed by atoms with Crippen molar-refractivity contribution < 1.29 is 23.2 Å². The minimum atomic E-state index is -2.17. The molecule has 0 radical (unpaired) electrons. The largest absolute Gasteiger partial charge is 0.697 e. The van der Waals surface area contributed by atoms with Crippen LogP contribution in [0.2, 0.25) is 0 Å². The van der Waals surface area contributed by atoms with Gasteiger partial charge in [0.15, 0.2) is 0 Å². The Morgan fingerprint density at radius 3 is 1.75 bits per heavy atom. The average molecular weight is 193 g/mol. The van der Waals surface area contributed by atoms with Gasteiger partial charge in [-0.3, -0.25) is 0 Å². The summed E-state index contributed by atoms with van der Waals surface area (Å²) in [6, 6.07) is 0. The summed E-state index contributed by atoms with van der Waals surface area (Å²) in [6.45, 7) is 0.166. The van der Waals surface area contributed by atoms with Gasteiger partial charge in [0.2, 0.25) is 0 Å². The summed E-state index contributed by atoms with van der Waals surface area (Å²) in [5.41, 5.74) is 0. The van der Waals surface area contributed by atoms with Gasteiger partial charge < -0.3 is 9.59 Å². The van der Waals surface area contributed by atoms with Gasteiger partial charge in [0.05, 0.1) is 0 Å². The van der Waals surface area contributed by atoms with E-state index in [4.69, 9.17) is 0 Å². The van der Waals surface area contributed by atoms with Gasteiger partial charge in [-0.15, -0.1) is 9.05 Å². The molecule has 5 nitrogen and oxygen atoms in total. The maximum Gasteiger partial charge on any atom is 0.697 e. The molecule has 0 aromatic carbocycles. The molecule has 68 valence electrons. The van der Waals surface area contributed by atoms with E-state index in [1.807, 2.05) is 0 Å². The fourth-order valence-corrected chi connectivity index (χ4v) is 0.971. The van der Waals surface area contributed by atoms with Gasteiger partial charge in [-0.1, -0.05) is 0 Å². The Morgan fingerprint density at radius 2 is 1.42 bits per heavy atom. The second kappa shape index (κ2) is 8.46. The second-order valence-electron chi connectivity index (χ2n) is 1.80. The van der Waals surface area contributed by atoms with Crippen molar-refractivity contribution >= 4 is 20.8 Å². The highest BCUT2D eigenvalue weighted by atomic mass is 31.1. The molecule has 0 saturated heterocycles. The van der Waals surface area contributed by atoms with Crippen LogP contribution in [0.1, 0.15) is 12.8 Å². The van der Waals surface area contributed by atoms with Crippen LogP contribution >= 0.6 is 8.25 Å². The lowest BCUT2D eigenvalue weighted by molar-refractivity contribution is -0.108. The van der Waals surface area contributed by atoms with Crippen molar-refractivity contribution in [2.45, 2.75) is 12.8 Å². The van der Waals surface area contributed by atoms with Crippen molar-refractivity contribution in [1.82, 2.24) is 0 Å². The zero-order valence-corrected chi connectivity index (χ0v) is 7.37. The van der Waals surface area contributed by atoms with Crippen molar-refractivity contribution in [2.75, 3.05) is 13.2 Å². The van der Waals surface area contributed by atoms with Crippen LogP contribution in [0.5, 0.6) is 0 Å². The number of carbonyl (C=O) groups is 2. The van der Waals surface area contributed by atoms with Gasteiger partial charge in [0.1, 0.15) is 25.8 Å². The third kappa shape index (κ3) is 7.47. The lowest BCUT2D eigenvalue weighted by Crippen LogP contribution is -1.91. The van der Waals surface area contributed by atoms with Crippen molar-refractivity contribution in [3.8, 4) is 0 Å². The first-order chi connectivity index (χ1) is 5.81. The topological polar surface area (TPSA) is 69.7 Å². The van der Waals surface area contributed by atoms with E-state index in [2.05, 4.69) is 9.05 Å². The van der Waals surface area contributed by atoms with E-state index in [-0.39, 0.29) is 26.1 Å². The maximum atomic E-state index is 10.7. The third-order valence-electron chi connectivity index (χ3n) is 0.865. The van der Waals surface area contributed by atoms with E-state index in [1.165, 1.54) is 0 Å². The molecule has 0 heterocycles. The molecule has 0 rings (SSSR count). The van der Waals surface area contributed by atoms with Crippen LogP contribution in [-0.4, -0.2) is 25.8 Å². The number of aldehydes is 2. The molecule has 0 aliphatic rings. The zero-order valence-electron chi connectivity index (χ0n) is 6.47. The minimum Gasteiger partial charge on any atom is -0.303 e. The van der Waals surface area contributed by atoms with E-state index < -0.39 is 8.25 Å². The summed E-state index contributed by atoms with van der Waals surface area (Å²) < 4.78 is 19.8. The van der Waals surface area contributed by atoms with Gasteiger partial charge in [0.25, 0.3) is 0 Å². The summed E-state index contributed by atoms with van der Waals surface area (Å²) in [5, 5.41) is 0. The molecule has 0 aromatic heterocycles. The molecule has 0 aromatic rings. The Balaban J connectivity index is 3.21. The van der Waals surface area contributed by atoms with E-state index in [0.717, 1.165) is 0 Å². The Labute approximate surface area is 71.0 Å². The third-order valence-corrected chi connectivity index (χ3v) is 1.65. The van der Waals surface area contributed by atoms with Crippen LogP contribution in [0.25, 0.3) is 0 Å². The highest BCUT2D eigenvalue weighted by Crippen LogP contribution is 2.23. The quantitative estimate of drug-likeness (QED) is 0.324. The normalized spacial score (nSPS) is 9.33. The molecule has 0 unspecified atom stereocenters. The molecule has 0 N–H and O–H groups in total. The molecule has 0 saturated carbocycles. The molecular weight excluding hydrogens is 183 g/mol. The number of rotatable bonds is 8. The van der Waals surface area contributed by atoms with Crippen molar-refractivity contribution in [1.29, 1.82) is 0 Å². The lowest BCUT2D eigenvalue weighted by Gasteiger charge is -1.85. The SMILES string of the molecule is O=CCCO[P+](=O)OCCC=O. The van der Waals surface area contributed by atoms with Gasteiger partial charge >= 0.3 is 8.25 Å². The highest BCUT2D eigenvalue weighted by Gasteiger charge is 2.18. The Morgan fingerprint density at radius 1 is 1.00 bits per heavy atom. The maximum absolute atomic E-state index is 10.7. The first-order valence-electron chi connectivity index (χ1n) is 3.41. The predicted molar refractivity (Wildman–Crippen MR) is 40.9 cm³/mol. The van der Waals surface area contributed by atoms with Crippen LogP contribution in [-0.2, 0) is 23.2 Å². The van der Waals surface area contributed by atoms with Crippen LogP contribution in [0.4, 0.5) is 0 Å². The molecule has 0 amide bonds. The van der Waals surface area contributed by atoms with Crippen molar-refractivity contribution in [3.05, 3.63) is 0 Å². The zero-order chi connectivity index (χ0) is 9.23. The second-order valence-corrected chi connectivity index (χ2v) is 2.76. The molecule has 0 spiro atoms. The standard InChI is InChI=1S/C6H10O5P/c7-3-1-5-10-12(9)11-6-2-4-8/h3-4H,1-2,5-6H2/q+1. The smallest absolute Gasteiger partial charge is 0.303 e. The fourth-order valence-electron chi connectivity index (χ4n) is 0.388. The summed E-state index contributed by atoms with van der Waals surface area (Å²) in [4.78, 5) is 19.6. The van der Waals surface area contributed by atoms with Crippen LogP contribution < -0.4 is 0 Å². The van der Waals surface area contributed by atoms with Crippen molar-refractivity contribution in [3.63, 3.8) is 0 Å². The first-order valence-corrected chi connectivity index (χ1v) is 4.51. The Bertz CT molecular complexity index is 142. The van der Waals surface area contributed by atoms with Gasteiger partial charge in [0, 0.05) is 17.4 Å². The fraction of sp³-hybridized carbons (Fsp3) is 0.667. The highest BCUT2D eigenvalue weighted by molar-refractivity contribution is 7.33. The molecule has 0 bridgehead atoms. The van der Waals surface area contributed by atoms with Gasteiger partial charge in [-0.2, -0.15) is 0 Å². The van der Waals surface area contributed by atoms with Gasteiger partial charge in [-0.25, -0.2) is 0 Å². The van der Waals surface area contributed by atoms with E-state index in [1.54, 1.807) is 0 Å². The Kier molecular flexibility index (Phi) is 8.01. The van der Waals surface area contributed by atoms with Gasteiger partial charge in [-0.05, 0) is 0 Å². The van der Waals surface area contributed by atoms with E-state index in [9.17, 15) is 14.2 Å². The minimum absolute atomic E-state index is 0.0831. The number of carbonyl (C=O) groups excluding carboxylic acids is 2. The molecule has 12 heavy (non-hydrogen) atoms. The van der Waals surface area contributed by atoms with E-state index in [0.29, 0.717) is 12.6 Å². The molecule has 0 atom stereocenters. The number of hydrogen-bond acceptors (Lipinski definition) is 5. The van der Waals surface area contributed by atoms with E-state index >= 15 is 0 Å². The molecule has 0 fully saturated rings. The first kappa shape index (κ1) is 11.4. The van der Waals surface area contributed by atoms with Crippen LogP contribution in [0.15, 0.2) is 0 Å². The lowest BCUT2D eigenvalue weighted by atomic mass is 10.5. The molecule has 0 aliphatic carbocycles. The van der Waals surface area contributed by atoms with Crippen molar-refractivity contribution in [2.24, 2.45) is 0 Å². The Hall–Kier alpha value is -0.640. The monoisotopic (exact) mass is 193 g/mol. The average Bonchev–Trinajstić information content (AvgIpc) is 2.06. The molecular formula is C6H10O5P+.